The fourth-order valence-corrected chi connectivity index (χ4v) is 5.64. The van der Waals surface area contributed by atoms with Gasteiger partial charge in [-0.05, 0) is 30.5 Å². The van der Waals surface area contributed by atoms with Crippen LogP contribution in [-0.4, -0.2) is 82.2 Å². The van der Waals surface area contributed by atoms with Crippen LogP contribution in [0.3, 0.4) is 0 Å². The standard InChI is InChI=1S/C25H26ClN5O5/c26-20-7-6-18(31(35)36)14-19(20)23(33)29-12-10-28(11-13-29)16-22(32)30-9-3-8-25(30)15-17-4-1-2-5-21(17)27-24(25)34/h1-2,4-7,14H,3,8-13,15-16H2,(H,27,34). The second kappa shape index (κ2) is 9.51. The Morgan fingerprint density at radius 1 is 1.08 bits per heavy atom. The Morgan fingerprint density at radius 2 is 1.83 bits per heavy atom. The molecule has 1 spiro atoms. The maximum Gasteiger partial charge on any atom is 0.270 e. The molecule has 3 amide bonds. The summed E-state index contributed by atoms with van der Waals surface area (Å²) in [5.74, 6) is -0.592. The molecular weight excluding hydrogens is 486 g/mol. The van der Waals surface area contributed by atoms with Gasteiger partial charge < -0.3 is 15.1 Å². The summed E-state index contributed by atoms with van der Waals surface area (Å²) in [4.78, 5) is 55.3. The van der Waals surface area contributed by atoms with Gasteiger partial charge in [0.1, 0.15) is 5.54 Å². The predicted molar refractivity (Wildman–Crippen MR) is 133 cm³/mol. The number of para-hydroxylation sites is 1. The number of nitro benzene ring substituents is 1. The number of piperazine rings is 1. The molecule has 1 atom stereocenters. The Labute approximate surface area is 212 Å². The molecule has 5 rings (SSSR count). The van der Waals surface area contributed by atoms with Crippen LogP contribution in [0.1, 0.15) is 28.8 Å². The minimum absolute atomic E-state index is 0.0939. The number of rotatable bonds is 4. The van der Waals surface area contributed by atoms with E-state index >= 15 is 0 Å². The highest BCUT2D eigenvalue weighted by Crippen LogP contribution is 2.39. The summed E-state index contributed by atoms with van der Waals surface area (Å²) in [6.07, 6.45) is 1.91. The highest BCUT2D eigenvalue weighted by Gasteiger charge is 2.51. The van der Waals surface area contributed by atoms with Gasteiger partial charge in [-0.25, -0.2) is 0 Å². The maximum atomic E-state index is 13.4. The second-order valence-corrected chi connectivity index (χ2v) is 9.87. The van der Waals surface area contributed by atoms with Crippen LogP contribution in [0.5, 0.6) is 0 Å². The first-order valence-corrected chi connectivity index (χ1v) is 12.3. The van der Waals surface area contributed by atoms with Crippen LogP contribution in [0.2, 0.25) is 5.02 Å². The normalized spacial score (nSPS) is 21.9. The highest BCUT2D eigenvalue weighted by molar-refractivity contribution is 6.34. The first-order chi connectivity index (χ1) is 17.3. The Bertz CT molecular complexity index is 1250. The molecule has 3 aliphatic heterocycles. The van der Waals surface area contributed by atoms with E-state index in [1.807, 2.05) is 29.2 Å². The van der Waals surface area contributed by atoms with Crippen molar-refractivity contribution < 1.29 is 19.3 Å². The Balaban J connectivity index is 1.22. The minimum atomic E-state index is -0.859. The van der Waals surface area contributed by atoms with Gasteiger partial charge in [0.2, 0.25) is 5.91 Å². The molecule has 2 fully saturated rings. The van der Waals surface area contributed by atoms with Crippen molar-refractivity contribution in [3.63, 3.8) is 0 Å². The Morgan fingerprint density at radius 3 is 2.58 bits per heavy atom. The molecule has 188 valence electrons. The lowest BCUT2D eigenvalue weighted by Crippen LogP contribution is -2.60. The van der Waals surface area contributed by atoms with E-state index in [9.17, 15) is 24.5 Å². The third-order valence-corrected chi connectivity index (χ3v) is 7.70. The monoisotopic (exact) mass is 511 g/mol. The van der Waals surface area contributed by atoms with Crippen molar-refractivity contribution in [2.24, 2.45) is 0 Å². The van der Waals surface area contributed by atoms with Crippen LogP contribution in [0.25, 0.3) is 0 Å². The third kappa shape index (κ3) is 4.31. The third-order valence-electron chi connectivity index (χ3n) is 7.37. The largest absolute Gasteiger partial charge is 0.336 e. The van der Waals surface area contributed by atoms with Crippen LogP contribution < -0.4 is 5.32 Å². The molecule has 0 radical (unpaired) electrons. The first kappa shape index (κ1) is 24.2. The van der Waals surface area contributed by atoms with E-state index in [0.717, 1.165) is 17.7 Å². The smallest absolute Gasteiger partial charge is 0.270 e. The van der Waals surface area contributed by atoms with Gasteiger partial charge in [-0.3, -0.25) is 29.4 Å². The number of carbonyl (C=O) groups excluding carboxylic acids is 3. The average molecular weight is 512 g/mol. The van der Waals surface area contributed by atoms with Gasteiger partial charge in [-0.15, -0.1) is 0 Å². The minimum Gasteiger partial charge on any atom is -0.336 e. The molecule has 2 aromatic carbocycles. The molecule has 36 heavy (non-hydrogen) atoms. The molecule has 0 aromatic heterocycles. The van der Waals surface area contributed by atoms with E-state index in [-0.39, 0.29) is 40.5 Å². The molecule has 3 heterocycles. The second-order valence-electron chi connectivity index (χ2n) is 9.46. The van der Waals surface area contributed by atoms with Gasteiger partial charge in [0.25, 0.3) is 17.5 Å². The molecule has 1 N–H and O–H groups in total. The topological polar surface area (TPSA) is 116 Å². The summed E-state index contributed by atoms with van der Waals surface area (Å²) >= 11 is 6.14. The summed E-state index contributed by atoms with van der Waals surface area (Å²) in [7, 11) is 0. The van der Waals surface area contributed by atoms with Crippen molar-refractivity contribution in [3.05, 3.63) is 68.7 Å². The van der Waals surface area contributed by atoms with E-state index in [1.165, 1.54) is 18.2 Å². The van der Waals surface area contributed by atoms with Crippen LogP contribution in [0.15, 0.2) is 42.5 Å². The lowest BCUT2D eigenvalue weighted by molar-refractivity contribution is -0.384. The van der Waals surface area contributed by atoms with Crippen LogP contribution in [0.4, 0.5) is 11.4 Å². The van der Waals surface area contributed by atoms with Crippen molar-refractivity contribution in [3.8, 4) is 0 Å². The zero-order valence-corrected chi connectivity index (χ0v) is 20.4. The number of amides is 3. The van der Waals surface area contributed by atoms with Crippen LogP contribution >= 0.6 is 11.6 Å². The molecule has 0 saturated carbocycles. The zero-order valence-electron chi connectivity index (χ0n) is 19.6. The van der Waals surface area contributed by atoms with E-state index in [2.05, 4.69) is 5.32 Å². The lowest BCUT2D eigenvalue weighted by atomic mass is 9.83. The average Bonchev–Trinajstić information content (AvgIpc) is 3.29. The van der Waals surface area contributed by atoms with Gasteiger partial charge >= 0.3 is 0 Å². The lowest BCUT2D eigenvalue weighted by Gasteiger charge is -2.42. The number of hydrogen-bond donors (Lipinski definition) is 1. The number of halogens is 1. The fourth-order valence-electron chi connectivity index (χ4n) is 5.44. The van der Waals surface area contributed by atoms with Crippen LogP contribution in [-0.2, 0) is 16.0 Å². The number of hydrogen-bond acceptors (Lipinski definition) is 6. The number of carbonyl (C=O) groups is 3. The van der Waals surface area contributed by atoms with E-state index in [1.54, 1.807) is 9.80 Å². The molecule has 1 unspecified atom stereocenters. The molecule has 11 heteroatoms. The molecule has 10 nitrogen and oxygen atoms in total. The zero-order chi connectivity index (χ0) is 25.4. The highest BCUT2D eigenvalue weighted by atomic mass is 35.5. The predicted octanol–water partition coefficient (Wildman–Crippen LogP) is 2.56. The summed E-state index contributed by atoms with van der Waals surface area (Å²) in [6, 6.07) is 11.5. The number of fused-ring (bicyclic) bond motifs is 1. The van der Waals surface area contributed by atoms with Gasteiger partial charge in [0.15, 0.2) is 0 Å². The van der Waals surface area contributed by atoms with Gasteiger partial charge in [-0.1, -0.05) is 29.8 Å². The summed E-state index contributed by atoms with van der Waals surface area (Å²) in [6.45, 7) is 2.38. The number of anilines is 1. The summed E-state index contributed by atoms with van der Waals surface area (Å²) in [5, 5.41) is 14.2. The molecular formula is C25H26ClN5O5. The quantitative estimate of drug-likeness (QED) is 0.498. The molecule has 2 saturated heterocycles. The van der Waals surface area contributed by atoms with E-state index < -0.39 is 10.5 Å². The number of nitro groups is 1. The summed E-state index contributed by atoms with van der Waals surface area (Å²) < 4.78 is 0. The molecule has 0 bridgehead atoms. The van der Waals surface area contributed by atoms with E-state index in [0.29, 0.717) is 45.6 Å². The number of likely N-dealkylation sites (tertiary alicyclic amines) is 1. The van der Waals surface area contributed by atoms with Crippen LogP contribution in [0, 0.1) is 10.1 Å². The SMILES string of the molecule is O=C(c1cc([N+](=O)[O-])ccc1Cl)N1CCN(CC(=O)N2CCCC23Cc2ccccc2NC3=O)CC1. The van der Waals surface area contributed by atoms with Crippen molar-refractivity contribution in [2.75, 3.05) is 44.6 Å². The van der Waals surface area contributed by atoms with Gasteiger partial charge in [-0.2, -0.15) is 0 Å². The van der Waals surface area contributed by atoms with Crippen molar-refractivity contribution in [1.82, 2.24) is 14.7 Å². The number of nitrogens with zero attached hydrogens (tertiary/aromatic N) is 4. The van der Waals surface area contributed by atoms with E-state index in [4.69, 9.17) is 11.6 Å². The molecule has 3 aliphatic rings. The number of nitrogens with one attached hydrogen (secondary N) is 1. The van der Waals surface area contributed by atoms with Crippen molar-refractivity contribution in [2.45, 2.75) is 24.8 Å². The number of non-ortho nitro benzene ring substituents is 1. The Kier molecular flexibility index (Phi) is 6.40. The van der Waals surface area contributed by atoms with Gasteiger partial charge in [0.05, 0.1) is 22.1 Å². The maximum absolute atomic E-state index is 13.4. The fraction of sp³-hybridized carbons (Fsp3) is 0.400. The molecule has 0 aliphatic carbocycles. The first-order valence-electron chi connectivity index (χ1n) is 11.9. The summed E-state index contributed by atoms with van der Waals surface area (Å²) in [5.41, 5.74) is 0.877. The van der Waals surface area contributed by atoms with Gasteiger partial charge in [0, 0.05) is 57.0 Å². The Hall–Kier alpha value is -3.50. The van der Waals surface area contributed by atoms with Crippen molar-refractivity contribution >= 4 is 40.7 Å². The molecule has 2 aromatic rings. The number of benzene rings is 2. The van der Waals surface area contributed by atoms with Crippen molar-refractivity contribution in [1.29, 1.82) is 0 Å².